The standard InChI is InChI=1S/C13H11BFN3O5/c14-12(22)4-13(23,11(21)17-10(12)20)18-3-7-6(9(18)19)1-5(15)2-8(7)16/h1-2,22-23H,3-4,16H2,(H,17,20,21). The third kappa shape index (κ3) is 2.10. The van der Waals surface area contributed by atoms with Crippen LogP contribution in [0.15, 0.2) is 12.1 Å². The minimum absolute atomic E-state index is 0.0187. The molecule has 1 aromatic carbocycles. The van der Waals surface area contributed by atoms with Crippen molar-refractivity contribution in [2.45, 2.75) is 24.2 Å². The third-order valence-electron chi connectivity index (χ3n) is 3.99. The number of carbonyl (C=O) groups excluding carboxylic acids is 3. The van der Waals surface area contributed by atoms with Gasteiger partial charge in [0.2, 0.25) is 11.6 Å². The second-order valence-corrected chi connectivity index (χ2v) is 5.61. The van der Waals surface area contributed by atoms with Crippen molar-refractivity contribution in [2.75, 3.05) is 5.73 Å². The molecule has 2 atom stereocenters. The summed E-state index contributed by atoms with van der Waals surface area (Å²) in [5, 5.41) is 22.1. The highest BCUT2D eigenvalue weighted by atomic mass is 19.1. The van der Waals surface area contributed by atoms with E-state index in [1.807, 2.05) is 0 Å². The summed E-state index contributed by atoms with van der Waals surface area (Å²) in [5.41, 5.74) is 0.633. The zero-order valence-corrected chi connectivity index (χ0v) is 11.7. The minimum Gasteiger partial charge on any atom is -0.398 e. The molecule has 1 saturated heterocycles. The Hall–Kier alpha value is -2.46. The van der Waals surface area contributed by atoms with E-state index >= 15 is 0 Å². The van der Waals surface area contributed by atoms with Crippen molar-refractivity contribution < 1.29 is 29.0 Å². The molecule has 0 saturated carbocycles. The zero-order chi connectivity index (χ0) is 17.2. The molecule has 0 bridgehead atoms. The van der Waals surface area contributed by atoms with Gasteiger partial charge >= 0.3 is 0 Å². The van der Waals surface area contributed by atoms with Gasteiger partial charge in [-0.05, 0) is 12.1 Å². The maximum Gasteiger partial charge on any atom is 0.280 e. The van der Waals surface area contributed by atoms with E-state index in [0.29, 0.717) is 4.90 Å². The van der Waals surface area contributed by atoms with Crippen molar-refractivity contribution in [2.24, 2.45) is 0 Å². The number of nitrogens with one attached hydrogen (secondary N) is 1. The van der Waals surface area contributed by atoms with Crippen LogP contribution >= 0.6 is 0 Å². The van der Waals surface area contributed by atoms with Crippen LogP contribution in [0, 0.1) is 5.82 Å². The average molecular weight is 319 g/mol. The number of imide groups is 1. The van der Waals surface area contributed by atoms with Crippen molar-refractivity contribution in [3.05, 3.63) is 29.1 Å². The Morgan fingerprint density at radius 3 is 2.57 bits per heavy atom. The summed E-state index contributed by atoms with van der Waals surface area (Å²) in [6.45, 7) is -0.297. The Labute approximate surface area is 130 Å². The maximum atomic E-state index is 13.4. The lowest BCUT2D eigenvalue weighted by molar-refractivity contribution is -0.181. The van der Waals surface area contributed by atoms with Gasteiger partial charge in [0.1, 0.15) is 19.2 Å². The van der Waals surface area contributed by atoms with Gasteiger partial charge in [0.05, 0.1) is 6.54 Å². The average Bonchev–Trinajstić information content (AvgIpc) is 2.75. The van der Waals surface area contributed by atoms with Crippen LogP contribution in [-0.4, -0.2) is 51.9 Å². The van der Waals surface area contributed by atoms with E-state index in [4.69, 9.17) is 13.6 Å². The van der Waals surface area contributed by atoms with E-state index in [0.717, 1.165) is 12.1 Å². The molecule has 8 nitrogen and oxygen atoms in total. The fraction of sp³-hybridized carbons (Fsp3) is 0.308. The fourth-order valence-corrected chi connectivity index (χ4v) is 2.77. The Kier molecular flexibility index (Phi) is 3.04. The third-order valence-corrected chi connectivity index (χ3v) is 3.99. The number of anilines is 1. The number of fused-ring (bicyclic) bond motifs is 1. The van der Waals surface area contributed by atoms with E-state index in [2.05, 4.69) is 0 Å². The molecule has 118 valence electrons. The van der Waals surface area contributed by atoms with Gasteiger partial charge in [-0.25, -0.2) is 4.39 Å². The molecule has 0 spiro atoms. The molecule has 23 heavy (non-hydrogen) atoms. The Balaban J connectivity index is 2.03. The smallest absolute Gasteiger partial charge is 0.280 e. The van der Waals surface area contributed by atoms with E-state index in [-0.39, 0.29) is 23.4 Å². The molecule has 3 amide bonds. The SMILES string of the molecule is [B]C1(O)CC(O)(N2Cc3c(N)cc(F)cc3C2=O)C(=O)NC1=O. The molecule has 2 aliphatic rings. The molecule has 3 rings (SSSR count). The van der Waals surface area contributed by atoms with Gasteiger partial charge in [-0.3, -0.25) is 24.6 Å². The zero-order valence-electron chi connectivity index (χ0n) is 11.7. The van der Waals surface area contributed by atoms with Crippen molar-refractivity contribution >= 4 is 31.3 Å². The molecule has 10 heteroatoms. The van der Waals surface area contributed by atoms with Crippen LogP contribution in [0.3, 0.4) is 0 Å². The van der Waals surface area contributed by atoms with Gasteiger partial charge in [-0.2, -0.15) is 0 Å². The number of rotatable bonds is 1. The number of hydrogen-bond acceptors (Lipinski definition) is 6. The number of amides is 3. The fourth-order valence-electron chi connectivity index (χ4n) is 2.77. The van der Waals surface area contributed by atoms with Crippen molar-refractivity contribution in [3.63, 3.8) is 0 Å². The first-order valence-electron chi connectivity index (χ1n) is 6.55. The lowest BCUT2D eigenvalue weighted by Gasteiger charge is -2.43. The number of nitrogens with two attached hydrogens (primary N) is 1. The van der Waals surface area contributed by atoms with Crippen molar-refractivity contribution in [1.29, 1.82) is 0 Å². The van der Waals surface area contributed by atoms with Crippen LogP contribution in [0.1, 0.15) is 22.3 Å². The van der Waals surface area contributed by atoms with E-state index in [1.165, 1.54) is 0 Å². The van der Waals surface area contributed by atoms with Crippen LogP contribution in [0.25, 0.3) is 0 Å². The van der Waals surface area contributed by atoms with Crippen LogP contribution in [-0.2, 0) is 16.1 Å². The molecule has 0 aliphatic carbocycles. The molecule has 1 fully saturated rings. The quantitative estimate of drug-likeness (QED) is 0.268. The Bertz CT molecular complexity index is 768. The molecular formula is C13H11BFN3O5. The van der Waals surface area contributed by atoms with Gasteiger partial charge in [-0.15, -0.1) is 0 Å². The topological polar surface area (TPSA) is 133 Å². The van der Waals surface area contributed by atoms with Crippen LogP contribution < -0.4 is 11.1 Å². The monoisotopic (exact) mass is 319 g/mol. The second kappa shape index (κ2) is 4.52. The van der Waals surface area contributed by atoms with Gasteiger partial charge in [0, 0.05) is 23.2 Å². The van der Waals surface area contributed by atoms with Crippen molar-refractivity contribution in [3.8, 4) is 0 Å². The summed E-state index contributed by atoms with van der Waals surface area (Å²) in [6.07, 6.45) is -0.924. The molecule has 2 heterocycles. The maximum absolute atomic E-state index is 13.4. The second-order valence-electron chi connectivity index (χ2n) is 5.61. The molecule has 5 N–H and O–H groups in total. The first kappa shape index (κ1) is 15.4. The summed E-state index contributed by atoms with van der Waals surface area (Å²) >= 11 is 0. The highest BCUT2D eigenvalue weighted by molar-refractivity contribution is 6.30. The Morgan fingerprint density at radius 1 is 1.26 bits per heavy atom. The number of hydrogen-bond donors (Lipinski definition) is 4. The molecule has 1 aromatic rings. The highest BCUT2D eigenvalue weighted by Gasteiger charge is 2.57. The normalized spacial score (nSPS) is 30.4. The lowest BCUT2D eigenvalue weighted by atomic mass is 9.72. The van der Waals surface area contributed by atoms with Crippen molar-refractivity contribution in [1.82, 2.24) is 10.2 Å². The minimum atomic E-state index is -2.57. The molecular weight excluding hydrogens is 308 g/mol. The predicted octanol–water partition coefficient (Wildman–Crippen LogP) is -2.04. The van der Waals surface area contributed by atoms with Gasteiger partial charge < -0.3 is 15.9 Å². The number of nitrogen functional groups attached to an aromatic ring is 1. The number of piperidine rings is 1. The number of benzene rings is 1. The predicted molar refractivity (Wildman–Crippen MR) is 74.1 cm³/mol. The largest absolute Gasteiger partial charge is 0.398 e. The van der Waals surface area contributed by atoms with Crippen LogP contribution in [0.4, 0.5) is 10.1 Å². The van der Waals surface area contributed by atoms with Gasteiger partial charge in [-0.1, -0.05) is 0 Å². The van der Waals surface area contributed by atoms with E-state index in [9.17, 15) is 29.0 Å². The highest BCUT2D eigenvalue weighted by Crippen LogP contribution is 2.37. The van der Waals surface area contributed by atoms with Crippen LogP contribution in [0.2, 0.25) is 0 Å². The van der Waals surface area contributed by atoms with E-state index in [1.54, 1.807) is 5.32 Å². The Morgan fingerprint density at radius 2 is 1.91 bits per heavy atom. The molecule has 2 radical (unpaired) electrons. The summed E-state index contributed by atoms with van der Waals surface area (Å²) in [7, 11) is 5.34. The summed E-state index contributed by atoms with van der Waals surface area (Å²) in [4.78, 5) is 36.5. The van der Waals surface area contributed by atoms with Crippen LogP contribution in [0.5, 0.6) is 0 Å². The summed E-state index contributed by atoms with van der Waals surface area (Å²) in [5.74, 6) is -4.02. The number of aliphatic hydroxyl groups is 2. The summed E-state index contributed by atoms with van der Waals surface area (Å²) in [6, 6.07) is 1.93. The molecule has 2 aliphatic heterocycles. The molecule has 2 unspecified atom stereocenters. The van der Waals surface area contributed by atoms with E-state index < -0.39 is 41.2 Å². The molecule has 0 aromatic heterocycles. The van der Waals surface area contributed by atoms with Gasteiger partial charge in [0.25, 0.3) is 11.8 Å². The first-order chi connectivity index (χ1) is 10.6. The number of halogens is 1. The number of nitrogens with zero attached hydrogens (tertiary/aromatic N) is 1. The summed E-state index contributed by atoms with van der Waals surface area (Å²) < 4.78 is 13.4. The van der Waals surface area contributed by atoms with Gasteiger partial charge in [0.15, 0.2) is 0 Å². The lowest BCUT2D eigenvalue weighted by Crippen LogP contribution is -2.71. The first-order valence-corrected chi connectivity index (χ1v) is 6.55. The number of carbonyl (C=O) groups is 3.